The van der Waals surface area contributed by atoms with Gasteiger partial charge in [0.1, 0.15) is 5.75 Å². The summed E-state index contributed by atoms with van der Waals surface area (Å²) in [6.45, 7) is 11.8. The number of carbonyl (C=O) groups is 1. The summed E-state index contributed by atoms with van der Waals surface area (Å²) >= 11 is 0. The smallest absolute Gasteiger partial charge is 0.261 e. The average Bonchev–Trinajstić information content (AvgIpc) is 2.70. The van der Waals surface area contributed by atoms with E-state index in [-0.39, 0.29) is 5.91 Å². The summed E-state index contributed by atoms with van der Waals surface area (Å²) in [7, 11) is 0. The molecule has 5 nitrogen and oxygen atoms in total. The summed E-state index contributed by atoms with van der Waals surface area (Å²) in [5.41, 5.74) is 5.64. The van der Waals surface area contributed by atoms with E-state index in [2.05, 4.69) is 47.5 Å². The fourth-order valence-corrected chi connectivity index (χ4v) is 3.35. The Bertz CT molecular complexity index is 811. The van der Waals surface area contributed by atoms with Crippen molar-refractivity contribution in [2.24, 2.45) is 0 Å². The van der Waals surface area contributed by atoms with Crippen molar-refractivity contribution in [2.75, 3.05) is 31.2 Å². The van der Waals surface area contributed by atoms with Gasteiger partial charge in [-0.25, -0.2) is 0 Å². The first-order valence-electron chi connectivity index (χ1n) is 9.88. The molecule has 0 aromatic heterocycles. The van der Waals surface area contributed by atoms with Crippen LogP contribution in [0.4, 0.5) is 5.69 Å². The van der Waals surface area contributed by atoms with Crippen LogP contribution in [-0.4, -0.2) is 38.3 Å². The number of nitrogens with one attached hydrogen (secondary N) is 1. The highest BCUT2D eigenvalue weighted by molar-refractivity contribution is 5.80. The van der Waals surface area contributed by atoms with Gasteiger partial charge in [-0.05, 0) is 68.1 Å². The average molecular weight is 383 g/mol. The second-order valence-electron chi connectivity index (χ2n) is 7.45. The Hall–Kier alpha value is -2.53. The van der Waals surface area contributed by atoms with Crippen molar-refractivity contribution >= 4 is 11.6 Å². The van der Waals surface area contributed by atoms with E-state index in [0.29, 0.717) is 6.54 Å². The molecule has 3 rings (SSSR count). The van der Waals surface area contributed by atoms with Gasteiger partial charge in [-0.1, -0.05) is 18.2 Å². The van der Waals surface area contributed by atoms with Crippen LogP contribution in [0.3, 0.4) is 0 Å². The van der Waals surface area contributed by atoms with Gasteiger partial charge in [0, 0.05) is 25.3 Å². The number of nitrogens with zero attached hydrogens (tertiary/aromatic N) is 1. The van der Waals surface area contributed by atoms with Gasteiger partial charge in [-0.3, -0.25) is 4.79 Å². The minimum absolute atomic E-state index is 0.115. The van der Waals surface area contributed by atoms with Crippen LogP contribution >= 0.6 is 0 Å². The number of carbonyl (C=O) groups excluding carboxylic acids is 1. The van der Waals surface area contributed by atoms with Crippen molar-refractivity contribution in [1.29, 1.82) is 0 Å². The van der Waals surface area contributed by atoms with Crippen LogP contribution in [0.15, 0.2) is 36.4 Å². The van der Waals surface area contributed by atoms with E-state index in [1.807, 2.05) is 19.9 Å². The maximum absolute atomic E-state index is 12.5. The number of morpholine rings is 1. The normalized spacial score (nSPS) is 15.2. The molecule has 1 heterocycles. The topological polar surface area (TPSA) is 50.8 Å². The van der Waals surface area contributed by atoms with Crippen LogP contribution in [0.25, 0.3) is 0 Å². The van der Waals surface area contributed by atoms with Crippen molar-refractivity contribution in [3.8, 4) is 5.75 Å². The quantitative estimate of drug-likeness (QED) is 0.830. The predicted octanol–water partition coefficient (Wildman–Crippen LogP) is 3.53. The molecule has 2 aromatic carbocycles. The SMILES string of the molecule is Cc1cc(C)c(C)c(O[C@H](C)C(=O)NCc2ccc(N3CCOCC3)cc2)c1. The third kappa shape index (κ3) is 5.04. The highest BCUT2D eigenvalue weighted by atomic mass is 16.5. The minimum Gasteiger partial charge on any atom is -0.481 e. The second kappa shape index (κ2) is 9.11. The Morgan fingerprint density at radius 1 is 1.14 bits per heavy atom. The maximum atomic E-state index is 12.5. The largest absolute Gasteiger partial charge is 0.481 e. The molecule has 1 atom stereocenters. The van der Waals surface area contributed by atoms with Crippen molar-refractivity contribution < 1.29 is 14.3 Å². The molecule has 1 saturated heterocycles. The summed E-state index contributed by atoms with van der Waals surface area (Å²) < 4.78 is 11.3. The van der Waals surface area contributed by atoms with E-state index in [1.54, 1.807) is 6.92 Å². The number of ether oxygens (including phenoxy) is 2. The molecule has 0 saturated carbocycles. The lowest BCUT2D eigenvalue weighted by molar-refractivity contribution is -0.127. The zero-order valence-corrected chi connectivity index (χ0v) is 17.2. The molecule has 2 aromatic rings. The summed E-state index contributed by atoms with van der Waals surface area (Å²) in [4.78, 5) is 14.8. The molecule has 0 unspecified atom stereocenters. The Morgan fingerprint density at radius 3 is 2.50 bits per heavy atom. The molecule has 1 fully saturated rings. The molecule has 0 spiro atoms. The summed E-state index contributed by atoms with van der Waals surface area (Å²) in [5.74, 6) is 0.658. The molecule has 150 valence electrons. The van der Waals surface area contributed by atoms with Gasteiger partial charge < -0.3 is 19.7 Å². The molecular formula is C23H30N2O3. The van der Waals surface area contributed by atoms with Crippen LogP contribution in [0.5, 0.6) is 5.75 Å². The summed E-state index contributed by atoms with van der Waals surface area (Å²) in [6, 6.07) is 12.4. The zero-order valence-electron chi connectivity index (χ0n) is 17.2. The number of benzene rings is 2. The van der Waals surface area contributed by atoms with Crippen LogP contribution < -0.4 is 15.0 Å². The first-order valence-corrected chi connectivity index (χ1v) is 9.88. The van der Waals surface area contributed by atoms with E-state index in [9.17, 15) is 4.79 Å². The van der Waals surface area contributed by atoms with Gasteiger partial charge in [-0.15, -0.1) is 0 Å². The monoisotopic (exact) mass is 382 g/mol. The van der Waals surface area contributed by atoms with E-state index in [0.717, 1.165) is 48.7 Å². The third-order valence-electron chi connectivity index (χ3n) is 5.22. The van der Waals surface area contributed by atoms with Crippen LogP contribution in [0.1, 0.15) is 29.2 Å². The fourth-order valence-electron chi connectivity index (χ4n) is 3.35. The Kier molecular flexibility index (Phi) is 6.57. The van der Waals surface area contributed by atoms with Gasteiger partial charge in [0.15, 0.2) is 6.10 Å². The van der Waals surface area contributed by atoms with E-state index < -0.39 is 6.10 Å². The first kappa shape index (κ1) is 20.2. The third-order valence-corrected chi connectivity index (χ3v) is 5.22. The van der Waals surface area contributed by atoms with E-state index >= 15 is 0 Å². The molecule has 1 aliphatic rings. The Balaban J connectivity index is 1.53. The lowest BCUT2D eigenvalue weighted by atomic mass is 10.1. The van der Waals surface area contributed by atoms with Crippen molar-refractivity contribution in [2.45, 2.75) is 40.3 Å². The Labute approximate surface area is 167 Å². The molecular weight excluding hydrogens is 352 g/mol. The number of rotatable bonds is 6. The van der Waals surface area contributed by atoms with Crippen LogP contribution in [0.2, 0.25) is 0 Å². The zero-order chi connectivity index (χ0) is 20.1. The van der Waals surface area contributed by atoms with Crippen molar-refractivity contribution in [3.05, 3.63) is 58.7 Å². The second-order valence-corrected chi connectivity index (χ2v) is 7.45. The fraction of sp³-hybridized carbons (Fsp3) is 0.435. The van der Waals surface area contributed by atoms with E-state index in [1.165, 1.54) is 11.3 Å². The maximum Gasteiger partial charge on any atom is 0.261 e. The summed E-state index contributed by atoms with van der Waals surface area (Å²) in [6.07, 6.45) is -0.549. The van der Waals surface area contributed by atoms with Crippen molar-refractivity contribution in [1.82, 2.24) is 5.32 Å². The number of anilines is 1. The van der Waals surface area contributed by atoms with Crippen LogP contribution in [0, 0.1) is 20.8 Å². The summed E-state index contributed by atoms with van der Waals surface area (Å²) in [5, 5.41) is 2.97. The van der Waals surface area contributed by atoms with Gasteiger partial charge in [0.05, 0.1) is 13.2 Å². The van der Waals surface area contributed by atoms with Gasteiger partial charge in [0.25, 0.3) is 5.91 Å². The van der Waals surface area contributed by atoms with Crippen molar-refractivity contribution in [3.63, 3.8) is 0 Å². The minimum atomic E-state index is -0.549. The predicted molar refractivity (Wildman–Crippen MR) is 112 cm³/mol. The highest BCUT2D eigenvalue weighted by Crippen LogP contribution is 2.24. The molecule has 1 N–H and O–H groups in total. The number of hydrogen-bond donors (Lipinski definition) is 1. The lowest BCUT2D eigenvalue weighted by Gasteiger charge is -2.28. The molecule has 1 amide bonds. The highest BCUT2D eigenvalue weighted by Gasteiger charge is 2.16. The van der Waals surface area contributed by atoms with Crippen LogP contribution in [-0.2, 0) is 16.1 Å². The lowest BCUT2D eigenvalue weighted by Crippen LogP contribution is -2.36. The van der Waals surface area contributed by atoms with E-state index in [4.69, 9.17) is 9.47 Å². The molecule has 5 heteroatoms. The molecule has 28 heavy (non-hydrogen) atoms. The first-order chi connectivity index (χ1) is 13.4. The van der Waals surface area contributed by atoms with Gasteiger partial charge in [0.2, 0.25) is 0 Å². The molecule has 0 radical (unpaired) electrons. The molecule has 0 bridgehead atoms. The molecule has 1 aliphatic heterocycles. The Morgan fingerprint density at radius 2 is 1.82 bits per heavy atom. The standard InChI is InChI=1S/C23H30N2O3/c1-16-13-17(2)18(3)22(14-16)28-19(4)23(26)24-15-20-5-7-21(8-6-20)25-9-11-27-12-10-25/h5-8,13-14,19H,9-12,15H2,1-4H3,(H,24,26)/t19-/m1/s1. The molecule has 0 aliphatic carbocycles. The number of hydrogen-bond acceptors (Lipinski definition) is 4. The number of aryl methyl sites for hydroxylation is 2. The van der Waals surface area contributed by atoms with Gasteiger partial charge in [-0.2, -0.15) is 0 Å². The number of amides is 1. The van der Waals surface area contributed by atoms with Gasteiger partial charge >= 0.3 is 0 Å².